The Morgan fingerprint density at radius 3 is 3.08 bits per heavy atom. The van der Waals surface area contributed by atoms with E-state index in [1.54, 1.807) is 11.3 Å². The van der Waals surface area contributed by atoms with E-state index in [2.05, 4.69) is 34.0 Å². The average Bonchev–Trinajstić information content (AvgIpc) is 3.25. The molecule has 0 aromatic carbocycles. The minimum atomic E-state index is -0.258. The molecule has 0 aliphatic carbocycles. The molecule has 1 aliphatic rings. The van der Waals surface area contributed by atoms with Gasteiger partial charge in [0, 0.05) is 18.3 Å². The van der Waals surface area contributed by atoms with E-state index in [0.29, 0.717) is 31.9 Å². The van der Waals surface area contributed by atoms with Crippen LogP contribution >= 0.6 is 11.3 Å². The maximum atomic E-state index is 12.5. The fourth-order valence-corrected chi connectivity index (χ4v) is 3.44. The molecule has 1 atom stereocenters. The first-order valence-electron chi connectivity index (χ1n) is 8.43. The Bertz CT molecular complexity index is 684. The summed E-state index contributed by atoms with van der Waals surface area (Å²) in [5, 5.41) is 10.2. The minimum absolute atomic E-state index is 0.0839. The van der Waals surface area contributed by atoms with Crippen LogP contribution in [0.2, 0.25) is 0 Å². The third-order valence-corrected chi connectivity index (χ3v) is 5.02. The molecule has 1 saturated heterocycles. The number of ether oxygens (including phenoxy) is 1. The van der Waals surface area contributed by atoms with E-state index in [9.17, 15) is 4.79 Å². The predicted molar refractivity (Wildman–Crippen MR) is 90.8 cm³/mol. The lowest BCUT2D eigenvalue weighted by molar-refractivity contribution is -0.138. The molecule has 3 heterocycles. The summed E-state index contributed by atoms with van der Waals surface area (Å²) in [4.78, 5) is 23.3. The minimum Gasteiger partial charge on any atom is -0.366 e. The zero-order valence-electron chi connectivity index (χ0n) is 14.1. The molecule has 24 heavy (non-hydrogen) atoms. The third-order valence-electron chi connectivity index (χ3n) is 3.98. The predicted octanol–water partition coefficient (Wildman–Crippen LogP) is 1.92. The molecule has 2 aromatic heterocycles. The maximum absolute atomic E-state index is 12.5. The number of H-pyrrole nitrogens is 1. The number of aromatic amines is 1. The Balaban J connectivity index is 1.60. The number of aromatic nitrogens is 4. The zero-order valence-corrected chi connectivity index (χ0v) is 14.9. The number of rotatable bonds is 6. The first kappa shape index (κ1) is 17.0. The monoisotopic (exact) mass is 349 g/mol. The summed E-state index contributed by atoms with van der Waals surface area (Å²) in [6.07, 6.45) is 2.87. The van der Waals surface area contributed by atoms with Crippen LogP contribution in [0.25, 0.3) is 0 Å². The Morgan fingerprint density at radius 1 is 1.46 bits per heavy atom. The van der Waals surface area contributed by atoms with Gasteiger partial charge in [0.15, 0.2) is 5.82 Å². The summed E-state index contributed by atoms with van der Waals surface area (Å²) < 4.78 is 5.76. The second kappa shape index (κ2) is 7.85. The quantitative estimate of drug-likeness (QED) is 0.861. The van der Waals surface area contributed by atoms with Crippen molar-refractivity contribution in [2.24, 2.45) is 0 Å². The van der Waals surface area contributed by atoms with E-state index in [-0.39, 0.29) is 12.0 Å². The highest BCUT2D eigenvalue weighted by molar-refractivity contribution is 7.09. The van der Waals surface area contributed by atoms with E-state index >= 15 is 0 Å². The van der Waals surface area contributed by atoms with Crippen molar-refractivity contribution in [2.45, 2.75) is 45.6 Å². The van der Waals surface area contributed by atoms with E-state index in [1.165, 1.54) is 0 Å². The van der Waals surface area contributed by atoms with Crippen LogP contribution < -0.4 is 0 Å². The molecule has 2 aromatic rings. The molecule has 130 valence electrons. The molecule has 0 bridgehead atoms. The van der Waals surface area contributed by atoms with Crippen molar-refractivity contribution in [3.05, 3.63) is 27.7 Å². The summed E-state index contributed by atoms with van der Waals surface area (Å²) in [7, 11) is 0. The van der Waals surface area contributed by atoms with Gasteiger partial charge in [-0.15, -0.1) is 11.3 Å². The average molecular weight is 349 g/mol. The number of nitrogens with zero attached hydrogens (tertiary/aromatic N) is 4. The van der Waals surface area contributed by atoms with Gasteiger partial charge in [-0.2, -0.15) is 5.10 Å². The lowest BCUT2D eigenvalue weighted by Crippen LogP contribution is -2.43. The van der Waals surface area contributed by atoms with Crippen LogP contribution in [0, 0.1) is 0 Å². The van der Waals surface area contributed by atoms with Crippen molar-refractivity contribution < 1.29 is 9.53 Å². The van der Waals surface area contributed by atoms with Gasteiger partial charge in [-0.3, -0.25) is 9.89 Å². The van der Waals surface area contributed by atoms with Crippen molar-refractivity contribution in [3.63, 3.8) is 0 Å². The molecule has 0 radical (unpaired) electrons. The number of hydrogen-bond donors (Lipinski definition) is 1. The van der Waals surface area contributed by atoms with Gasteiger partial charge >= 0.3 is 0 Å². The smallest absolute Gasteiger partial charge is 0.228 e. The van der Waals surface area contributed by atoms with Gasteiger partial charge in [-0.25, -0.2) is 9.97 Å². The summed E-state index contributed by atoms with van der Waals surface area (Å²) in [6, 6.07) is 0. The molecule has 1 amide bonds. The highest BCUT2D eigenvalue weighted by Gasteiger charge is 2.28. The number of aryl methyl sites for hydroxylation is 2. The normalized spacial score (nSPS) is 18.1. The number of nitrogens with one attached hydrogen (secondary N) is 1. The third kappa shape index (κ3) is 3.99. The van der Waals surface area contributed by atoms with E-state index in [1.807, 2.05) is 10.3 Å². The van der Waals surface area contributed by atoms with E-state index in [0.717, 1.165) is 35.8 Å². The second-order valence-corrected chi connectivity index (χ2v) is 6.80. The Labute approximate surface area is 145 Å². The van der Waals surface area contributed by atoms with Crippen LogP contribution in [0.5, 0.6) is 0 Å². The fraction of sp³-hybridized carbons (Fsp3) is 0.625. The SMILES string of the molecule is CCCc1nc([C@@H]2CN(C(=O)Cc3csc(CC)n3)CCO2)n[nH]1. The lowest BCUT2D eigenvalue weighted by Gasteiger charge is -2.31. The molecule has 3 rings (SSSR count). The first-order valence-corrected chi connectivity index (χ1v) is 9.31. The summed E-state index contributed by atoms with van der Waals surface area (Å²) >= 11 is 1.61. The summed E-state index contributed by atoms with van der Waals surface area (Å²) in [5.41, 5.74) is 0.855. The molecular formula is C16H23N5O2S. The Morgan fingerprint density at radius 2 is 2.33 bits per heavy atom. The second-order valence-electron chi connectivity index (χ2n) is 5.85. The van der Waals surface area contributed by atoms with Gasteiger partial charge in [0.2, 0.25) is 5.91 Å². The van der Waals surface area contributed by atoms with Crippen LogP contribution in [0.3, 0.4) is 0 Å². The topological polar surface area (TPSA) is 84.0 Å². The van der Waals surface area contributed by atoms with Crippen molar-refractivity contribution in [1.82, 2.24) is 25.1 Å². The number of amides is 1. The molecule has 0 saturated carbocycles. The first-order chi connectivity index (χ1) is 11.7. The largest absolute Gasteiger partial charge is 0.366 e. The van der Waals surface area contributed by atoms with Crippen molar-refractivity contribution in [2.75, 3.05) is 19.7 Å². The standard InChI is InChI=1S/C16H23N5O2S/c1-3-5-13-18-16(20-19-13)12-9-21(6-7-23-12)15(22)8-11-10-24-14(4-2)17-11/h10,12H,3-9H2,1-2H3,(H,18,19,20)/t12-/m0/s1. The number of thiazole rings is 1. The highest BCUT2D eigenvalue weighted by atomic mass is 32.1. The maximum Gasteiger partial charge on any atom is 0.228 e. The van der Waals surface area contributed by atoms with Crippen LogP contribution in [0.1, 0.15) is 48.7 Å². The van der Waals surface area contributed by atoms with Crippen LogP contribution in [-0.2, 0) is 28.8 Å². The number of carbonyl (C=O) groups is 1. The highest BCUT2D eigenvalue weighted by Crippen LogP contribution is 2.20. The summed E-state index contributed by atoms with van der Waals surface area (Å²) in [5.74, 6) is 1.59. The Kier molecular flexibility index (Phi) is 5.57. The molecular weight excluding hydrogens is 326 g/mol. The van der Waals surface area contributed by atoms with Crippen LogP contribution in [-0.4, -0.2) is 50.7 Å². The molecule has 8 heteroatoms. The summed E-state index contributed by atoms with van der Waals surface area (Å²) in [6.45, 7) is 5.77. The van der Waals surface area contributed by atoms with Crippen LogP contribution in [0.15, 0.2) is 5.38 Å². The zero-order chi connectivity index (χ0) is 16.9. The van der Waals surface area contributed by atoms with E-state index in [4.69, 9.17) is 4.74 Å². The molecule has 0 spiro atoms. The van der Waals surface area contributed by atoms with Gasteiger partial charge in [-0.05, 0) is 12.8 Å². The molecule has 7 nitrogen and oxygen atoms in total. The van der Waals surface area contributed by atoms with Crippen LogP contribution in [0.4, 0.5) is 0 Å². The van der Waals surface area contributed by atoms with Gasteiger partial charge in [0.1, 0.15) is 11.9 Å². The molecule has 1 N–H and O–H groups in total. The number of carbonyl (C=O) groups excluding carboxylic acids is 1. The van der Waals surface area contributed by atoms with Gasteiger partial charge in [0.25, 0.3) is 0 Å². The molecule has 0 unspecified atom stereocenters. The van der Waals surface area contributed by atoms with Gasteiger partial charge in [0.05, 0.1) is 30.3 Å². The number of hydrogen-bond acceptors (Lipinski definition) is 6. The fourth-order valence-electron chi connectivity index (χ4n) is 2.69. The van der Waals surface area contributed by atoms with Crippen molar-refractivity contribution in [1.29, 1.82) is 0 Å². The Hall–Kier alpha value is -1.80. The van der Waals surface area contributed by atoms with E-state index < -0.39 is 0 Å². The van der Waals surface area contributed by atoms with Gasteiger partial charge < -0.3 is 9.64 Å². The van der Waals surface area contributed by atoms with Crippen molar-refractivity contribution >= 4 is 17.2 Å². The number of morpholine rings is 1. The molecule has 1 fully saturated rings. The van der Waals surface area contributed by atoms with Crippen molar-refractivity contribution in [3.8, 4) is 0 Å². The lowest BCUT2D eigenvalue weighted by atomic mass is 10.2. The molecule has 1 aliphatic heterocycles. The van der Waals surface area contributed by atoms with Gasteiger partial charge in [-0.1, -0.05) is 13.8 Å².